The molecule has 1 N–H and O–H groups in total. The number of hydrogen-bond acceptors (Lipinski definition) is 6. The molecule has 2 atom stereocenters. The first-order valence-electron chi connectivity index (χ1n) is 11.5. The molecule has 8 heteroatoms. The van der Waals surface area contributed by atoms with Crippen LogP contribution >= 0.6 is 24.4 Å². The molecule has 2 aliphatic heterocycles. The van der Waals surface area contributed by atoms with E-state index in [2.05, 4.69) is 17.9 Å². The number of nitrogens with one attached hydrogen (secondary N) is 1. The molecule has 182 valence electrons. The minimum absolute atomic E-state index is 0.137. The molecule has 1 fully saturated rings. The van der Waals surface area contributed by atoms with Crippen molar-refractivity contribution in [3.8, 4) is 0 Å². The molecule has 2 aliphatic rings. The van der Waals surface area contributed by atoms with Crippen LogP contribution < -0.4 is 5.32 Å². The van der Waals surface area contributed by atoms with Gasteiger partial charge in [0.05, 0.1) is 6.42 Å². The number of hydrogen-bond donors (Lipinski definition) is 2. The first-order valence-corrected chi connectivity index (χ1v) is 13.0. The summed E-state index contributed by atoms with van der Waals surface area (Å²) in [5.41, 5.74) is 2.64. The molecular formula is C28H24N2O4S2. The maximum Gasteiger partial charge on any atom is 0.356 e. The quantitative estimate of drug-likeness (QED) is 0.281. The Kier molecular flexibility index (Phi) is 7.16. The Balaban J connectivity index is 1.32. The number of rotatable bonds is 7. The zero-order chi connectivity index (χ0) is 25.1. The van der Waals surface area contributed by atoms with Crippen LogP contribution in [0.4, 0.5) is 0 Å². The molecule has 0 unspecified atom stereocenters. The molecule has 6 nitrogen and oxygen atoms in total. The summed E-state index contributed by atoms with van der Waals surface area (Å²) in [6.07, 6.45) is -0.459. The summed E-state index contributed by atoms with van der Waals surface area (Å²) < 4.78 is 5.99. The van der Waals surface area contributed by atoms with E-state index in [9.17, 15) is 14.4 Å². The zero-order valence-electron chi connectivity index (χ0n) is 19.2. The minimum atomic E-state index is -0.700. The lowest BCUT2D eigenvalue weighted by Gasteiger charge is -2.49. The van der Waals surface area contributed by atoms with Gasteiger partial charge in [-0.2, -0.15) is 0 Å². The van der Waals surface area contributed by atoms with Crippen molar-refractivity contribution in [2.45, 2.75) is 23.9 Å². The Bertz CT molecular complexity index is 1260. The molecule has 0 radical (unpaired) electrons. The number of ether oxygens (including phenoxy) is 1. The van der Waals surface area contributed by atoms with Crippen molar-refractivity contribution in [1.29, 1.82) is 0 Å². The number of carbonyl (C=O) groups is 3. The first-order chi connectivity index (χ1) is 17.5. The van der Waals surface area contributed by atoms with Crippen molar-refractivity contribution in [2.24, 2.45) is 0 Å². The van der Waals surface area contributed by atoms with Gasteiger partial charge in [0.15, 0.2) is 6.10 Å². The number of amides is 2. The summed E-state index contributed by atoms with van der Waals surface area (Å²) in [7, 11) is 0. The highest BCUT2D eigenvalue weighted by atomic mass is 32.2. The third-order valence-corrected chi connectivity index (χ3v) is 7.96. The van der Waals surface area contributed by atoms with Crippen molar-refractivity contribution in [3.05, 3.63) is 118 Å². The Morgan fingerprint density at radius 3 is 2.08 bits per heavy atom. The van der Waals surface area contributed by atoms with Crippen LogP contribution in [-0.2, 0) is 25.5 Å². The van der Waals surface area contributed by atoms with Crippen LogP contribution in [0.3, 0.4) is 0 Å². The van der Waals surface area contributed by atoms with Crippen molar-refractivity contribution < 1.29 is 19.1 Å². The van der Waals surface area contributed by atoms with E-state index in [-0.39, 0.29) is 29.3 Å². The number of benzene rings is 3. The Morgan fingerprint density at radius 2 is 1.50 bits per heavy atom. The highest BCUT2D eigenvalue weighted by Crippen LogP contribution is 2.42. The van der Waals surface area contributed by atoms with Crippen LogP contribution in [0.1, 0.15) is 22.8 Å². The summed E-state index contributed by atoms with van der Waals surface area (Å²) in [5.74, 6) is -0.764. The fraction of sp³-hybridized carbons (Fsp3) is 0.179. The van der Waals surface area contributed by atoms with Crippen molar-refractivity contribution in [2.75, 3.05) is 5.75 Å². The predicted octanol–water partition coefficient (Wildman–Crippen LogP) is 4.10. The van der Waals surface area contributed by atoms with E-state index in [0.29, 0.717) is 10.7 Å². The number of thiol groups is 1. The fourth-order valence-electron chi connectivity index (χ4n) is 4.35. The summed E-state index contributed by atoms with van der Waals surface area (Å²) in [6, 6.07) is 27.6. The Morgan fingerprint density at radius 1 is 0.944 bits per heavy atom. The molecule has 3 aromatic rings. The van der Waals surface area contributed by atoms with Gasteiger partial charge in [-0.3, -0.25) is 14.5 Å². The second-order valence-corrected chi connectivity index (χ2v) is 10.2. The molecule has 1 saturated heterocycles. The van der Waals surface area contributed by atoms with E-state index in [0.717, 1.165) is 16.7 Å². The molecule has 5 rings (SSSR count). The van der Waals surface area contributed by atoms with Gasteiger partial charge in [0, 0.05) is 10.7 Å². The smallest absolute Gasteiger partial charge is 0.356 e. The molecule has 0 spiro atoms. The van der Waals surface area contributed by atoms with Gasteiger partial charge < -0.3 is 10.1 Å². The van der Waals surface area contributed by atoms with Gasteiger partial charge in [0.1, 0.15) is 17.1 Å². The molecule has 2 heterocycles. The molecule has 0 saturated carbocycles. The van der Waals surface area contributed by atoms with Gasteiger partial charge in [0.2, 0.25) is 5.91 Å². The maximum absolute atomic E-state index is 13.5. The van der Waals surface area contributed by atoms with E-state index in [4.69, 9.17) is 4.74 Å². The summed E-state index contributed by atoms with van der Waals surface area (Å²) in [6.45, 7) is 0. The third kappa shape index (κ3) is 4.92. The standard InChI is InChI=1S/C28H24N2O4S2/c31-22(16-18-10-4-1-5-11-18)29-23-26(32)30-24(21(35)17-36-27(23)30)28(33)34-25(19-12-6-2-7-13-19)20-14-8-3-9-15-20/h1-15,23,25,27,35H,16-17H2,(H,29,31)/t23-,27-/m1/s1. The molecule has 36 heavy (non-hydrogen) atoms. The second kappa shape index (κ2) is 10.6. The molecule has 3 aromatic carbocycles. The van der Waals surface area contributed by atoms with E-state index in [1.165, 1.54) is 16.7 Å². The van der Waals surface area contributed by atoms with Crippen LogP contribution in [0.2, 0.25) is 0 Å². The molecule has 0 aromatic heterocycles. The average molecular weight is 517 g/mol. The van der Waals surface area contributed by atoms with Crippen LogP contribution in [0, 0.1) is 0 Å². The largest absolute Gasteiger partial charge is 0.448 e. The third-order valence-electron chi connectivity index (χ3n) is 6.10. The number of carbonyl (C=O) groups excluding carboxylic acids is 3. The second-order valence-electron chi connectivity index (χ2n) is 8.52. The number of esters is 1. The normalized spacial score (nSPS) is 18.9. The molecular weight excluding hydrogens is 492 g/mol. The lowest BCUT2D eigenvalue weighted by Crippen LogP contribution is -2.70. The highest BCUT2D eigenvalue weighted by Gasteiger charge is 2.54. The number of β-lactam (4-membered cyclic amide) rings is 1. The molecule has 2 amide bonds. The van der Waals surface area contributed by atoms with Crippen molar-refractivity contribution in [3.63, 3.8) is 0 Å². The fourth-order valence-corrected chi connectivity index (χ4v) is 5.97. The Labute approximate surface area is 219 Å². The van der Waals surface area contributed by atoms with Crippen LogP contribution in [0.5, 0.6) is 0 Å². The van der Waals surface area contributed by atoms with E-state index >= 15 is 0 Å². The lowest BCUT2D eigenvalue weighted by molar-refractivity contribution is -0.154. The highest BCUT2D eigenvalue weighted by molar-refractivity contribution is 8.01. The maximum atomic E-state index is 13.5. The number of fused-ring (bicyclic) bond motifs is 1. The van der Waals surface area contributed by atoms with Crippen LogP contribution in [-0.4, -0.2) is 39.9 Å². The van der Waals surface area contributed by atoms with Gasteiger partial charge in [0.25, 0.3) is 5.91 Å². The SMILES string of the molecule is O=C(Cc1ccccc1)N[C@@H]1C(=O)N2C(C(=O)OC(c3ccccc3)c3ccccc3)=C(S)CS[C@H]12. The van der Waals surface area contributed by atoms with Gasteiger partial charge in [-0.1, -0.05) is 91.0 Å². The summed E-state index contributed by atoms with van der Waals surface area (Å²) in [5, 5.41) is 2.44. The van der Waals surface area contributed by atoms with E-state index in [1.807, 2.05) is 91.0 Å². The summed E-state index contributed by atoms with van der Waals surface area (Å²) in [4.78, 5) is 41.0. The molecule has 0 aliphatic carbocycles. The van der Waals surface area contributed by atoms with Crippen molar-refractivity contribution in [1.82, 2.24) is 10.2 Å². The minimum Gasteiger partial charge on any atom is -0.448 e. The monoisotopic (exact) mass is 516 g/mol. The topological polar surface area (TPSA) is 75.7 Å². The zero-order valence-corrected chi connectivity index (χ0v) is 21.0. The van der Waals surface area contributed by atoms with Gasteiger partial charge in [-0.25, -0.2) is 4.79 Å². The average Bonchev–Trinajstić information content (AvgIpc) is 2.91. The van der Waals surface area contributed by atoms with Crippen LogP contribution in [0.15, 0.2) is 102 Å². The first kappa shape index (κ1) is 24.2. The van der Waals surface area contributed by atoms with Crippen LogP contribution in [0.25, 0.3) is 0 Å². The van der Waals surface area contributed by atoms with Gasteiger partial charge in [-0.15, -0.1) is 24.4 Å². The van der Waals surface area contributed by atoms with E-state index in [1.54, 1.807) is 0 Å². The van der Waals surface area contributed by atoms with Gasteiger partial charge in [-0.05, 0) is 16.7 Å². The summed E-state index contributed by atoms with van der Waals surface area (Å²) >= 11 is 5.97. The Hall–Kier alpha value is -3.49. The molecule has 0 bridgehead atoms. The number of thioether (sulfide) groups is 1. The van der Waals surface area contributed by atoms with Crippen molar-refractivity contribution >= 4 is 42.2 Å². The predicted molar refractivity (Wildman–Crippen MR) is 142 cm³/mol. The lowest BCUT2D eigenvalue weighted by atomic mass is 10.0. The van der Waals surface area contributed by atoms with E-state index < -0.39 is 18.1 Å². The number of nitrogens with zero attached hydrogens (tertiary/aromatic N) is 1. The van der Waals surface area contributed by atoms with Gasteiger partial charge >= 0.3 is 5.97 Å².